The van der Waals surface area contributed by atoms with E-state index in [4.69, 9.17) is 14.2 Å². The van der Waals surface area contributed by atoms with Gasteiger partial charge in [0.25, 0.3) is 0 Å². The fraction of sp³-hybridized carbons (Fsp3) is 0.786. The summed E-state index contributed by atoms with van der Waals surface area (Å²) in [6.07, 6.45) is -0.260. The number of rotatable bonds is 8. The number of amides is 1. The molecule has 0 saturated heterocycles. The van der Waals surface area contributed by atoms with Crippen molar-refractivity contribution < 1.29 is 19.0 Å². The Labute approximate surface area is 116 Å². The van der Waals surface area contributed by atoms with E-state index < -0.39 is 6.09 Å². The van der Waals surface area contributed by atoms with Gasteiger partial charge in [-0.15, -0.1) is 0 Å². The lowest BCUT2D eigenvalue weighted by Gasteiger charge is -2.08. The third-order valence-electron chi connectivity index (χ3n) is 1.86. The van der Waals surface area contributed by atoms with E-state index in [0.717, 1.165) is 0 Å². The van der Waals surface area contributed by atoms with Crippen LogP contribution in [0.15, 0.2) is 0 Å². The van der Waals surface area contributed by atoms with E-state index in [1.54, 1.807) is 0 Å². The highest BCUT2D eigenvalue weighted by atomic mass is 16.5. The Kier molecular flexibility index (Phi) is 11.0. The molecule has 0 unspecified atom stereocenters. The van der Waals surface area contributed by atoms with Crippen LogP contribution in [0.25, 0.3) is 0 Å². The molecule has 19 heavy (non-hydrogen) atoms. The zero-order valence-corrected chi connectivity index (χ0v) is 12.3. The number of carbonyl (C=O) groups excluding carboxylic acids is 1. The summed E-state index contributed by atoms with van der Waals surface area (Å²) in [6.45, 7) is 9.96. The van der Waals surface area contributed by atoms with Gasteiger partial charge < -0.3 is 19.5 Å². The van der Waals surface area contributed by atoms with E-state index in [-0.39, 0.29) is 18.6 Å². The van der Waals surface area contributed by atoms with E-state index in [1.165, 1.54) is 0 Å². The maximum Gasteiger partial charge on any atom is 0.408 e. The Bertz CT molecular complexity index is 292. The molecule has 5 heteroatoms. The minimum atomic E-state index is -0.472. The van der Waals surface area contributed by atoms with Crippen LogP contribution in [0.3, 0.4) is 0 Å². The van der Waals surface area contributed by atoms with Crippen LogP contribution in [0.5, 0.6) is 0 Å². The number of carbonyl (C=O) groups is 1. The predicted molar refractivity (Wildman–Crippen MR) is 73.9 cm³/mol. The Balaban J connectivity index is 3.33. The fourth-order valence-corrected chi connectivity index (χ4v) is 1.07. The van der Waals surface area contributed by atoms with Crippen LogP contribution < -0.4 is 5.32 Å². The summed E-state index contributed by atoms with van der Waals surface area (Å²) in [5.74, 6) is 5.96. The summed E-state index contributed by atoms with van der Waals surface area (Å²) in [7, 11) is 0. The zero-order chi connectivity index (χ0) is 14.5. The molecule has 0 aromatic rings. The molecule has 1 N–H and O–H groups in total. The molecule has 0 radical (unpaired) electrons. The lowest BCUT2D eigenvalue weighted by atomic mass is 10.2. The van der Waals surface area contributed by atoms with Crippen molar-refractivity contribution in [1.29, 1.82) is 0 Å². The average Bonchev–Trinajstić information content (AvgIpc) is 2.33. The monoisotopic (exact) mass is 271 g/mol. The molecule has 0 saturated carbocycles. The minimum Gasteiger partial charge on any atom is -0.436 e. The number of nitrogens with one attached hydrogen (secondary N) is 1. The molecule has 0 aromatic heterocycles. The molecule has 0 rings (SSSR count). The van der Waals surface area contributed by atoms with Gasteiger partial charge in [-0.2, -0.15) is 0 Å². The van der Waals surface area contributed by atoms with Crippen LogP contribution in [0.4, 0.5) is 4.79 Å². The van der Waals surface area contributed by atoms with Gasteiger partial charge in [0.15, 0.2) is 6.61 Å². The highest BCUT2D eigenvalue weighted by Gasteiger charge is 1.99. The second kappa shape index (κ2) is 11.8. The maximum atomic E-state index is 11.2. The molecule has 5 nitrogen and oxygen atoms in total. The lowest BCUT2D eigenvalue weighted by molar-refractivity contribution is 0.0204. The van der Waals surface area contributed by atoms with Gasteiger partial charge in [0.05, 0.1) is 25.9 Å². The van der Waals surface area contributed by atoms with Crippen molar-refractivity contribution >= 4 is 6.09 Å². The molecule has 0 aromatic carbocycles. The molecule has 0 aliphatic heterocycles. The first-order valence-electron chi connectivity index (χ1n) is 6.60. The molecule has 0 aliphatic rings. The largest absolute Gasteiger partial charge is 0.436 e. The molecule has 1 amide bonds. The van der Waals surface area contributed by atoms with Crippen LogP contribution in [0.1, 0.15) is 27.7 Å². The molecular formula is C14H25NO4. The highest BCUT2D eigenvalue weighted by Crippen LogP contribution is 1.87. The van der Waals surface area contributed by atoms with E-state index in [0.29, 0.717) is 26.4 Å². The number of ether oxygens (including phenoxy) is 3. The summed E-state index contributed by atoms with van der Waals surface area (Å²) < 4.78 is 15.4. The van der Waals surface area contributed by atoms with Crippen LogP contribution in [-0.4, -0.2) is 45.2 Å². The molecule has 0 spiro atoms. The third kappa shape index (κ3) is 14.7. The Morgan fingerprint density at radius 1 is 1.16 bits per heavy atom. The van der Waals surface area contributed by atoms with Gasteiger partial charge in [-0.3, -0.25) is 0 Å². The van der Waals surface area contributed by atoms with Crippen LogP contribution in [0, 0.1) is 17.8 Å². The molecule has 0 fully saturated rings. The van der Waals surface area contributed by atoms with Gasteiger partial charge >= 0.3 is 6.09 Å². The normalized spacial score (nSPS) is 10.2. The smallest absolute Gasteiger partial charge is 0.408 e. The molecule has 0 aliphatic carbocycles. The van der Waals surface area contributed by atoms with E-state index in [1.807, 2.05) is 27.7 Å². The van der Waals surface area contributed by atoms with Crippen molar-refractivity contribution in [3.8, 4) is 11.8 Å². The number of hydrogen-bond donors (Lipinski definition) is 1. The molecular weight excluding hydrogens is 246 g/mol. The summed E-state index contributed by atoms with van der Waals surface area (Å²) >= 11 is 0. The SMILES string of the molecule is CC(C)C#CCOC(=O)NCCOCCOC(C)C. The number of alkyl carbamates (subject to hydrolysis) is 1. The average molecular weight is 271 g/mol. The first-order chi connectivity index (χ1) is 9.02. The second-order valence-electron chi connectivity index (χ2n) is 4.51. The van der Waals surface area contributed by atoms with Crippen molar-refractivity contribution in [3.63, 3.8) is 0 Å². The zero-order valence-electron chi connectivity index (χ0n) is 12.3. The van der Waals surface area contributed by atoms with Crippen LogP contribution >= 0.6 is 0 Å². The minimum absolute atomic E-state index is 0.118. The second-order valence-corrected chi connectivity index (χ2v) is 4.51. The molecule has 0 bridgehead atoms. The van der Waals surface area contributed by atoms with Crippen LogP contribution in [-0.2, 0) is 14.2 Å². The van der Waals surface area contributed by atoms with Crippen molar-refractivity contribution in [2.75, 3.05) is 33.0 Å². The Morgan fingerprint density at radius 3 is 2.53 bits per heavy atom. The third-order valence-corrected chi connectivity index (χ3v) is 1.86. The van der Waals surface area contributed by atoms with Crippen molar-refractivity contribution in [1.82, 2.24) is 5.32 Å². The molecule has 0 atom stereocenters. The molecule has 110 valence electrons. The lowest BCUT2D eigenvalue weighted by Crippen LogP contribution is -2.28. The predicted octanol–water partition coefficient (Wildman–Crippen LogP) is 1.81. The van der Waals surface area contributed by atoms with Gasteiger partial charge in [-0.05, 0) is 13.8 Å². The summed E-state index contributed by atoms with van der Waals surface area (Å²) in [6, 6.07) is 0. The van der Waals surface area contributed by atoms with Gasteiger partial charge in [0.2, 0.25) is 0 Å². The van der Waals surface area contributed by atoms with Gasteiger partial charge in [0.1, 0.15) is 0 Å². The van der Waals surface area contributed by atoms with Crippen molar-refractivity contribution in [2.45, 2.75) is 33.8 Å². The highest BCUT2D eigenvalue weighted by molar-refractivity contribution is 5.67. The topological polar surface area (TPSA) is 56.8 Å². The summed E-state index contributed by atoms with van der Waals surface area (Å²) in [4.78, 5) is 11.2. The number of hydrogen-bond acceptors (Lipinski definition) is 4. The summed E-state index contributed by atoms with van der Waals surface area (Å²) in [5, 5.41) is 2.58. The Hall–Kier alpha value is -1.25. The maximum absolute atomic E-state index is 11.2. The first kappa shape index (κ1) is 17.8. The van der Waals surface area contributed by atoms with E-state index in [2.05, 4.69) is 17.2 Å². The van der Waals surface area contributed by atoms with Gasteiger partial charge in [-0.25, -0.2) is 4.79 Å². The standard InChI is InChI=1S/C14H25NO4/c1-12(2)6-5-8-19-14(16)15-7-9-17-10-11-18-13(3)4/h12-13H,7-11H2,1-4H3,(H,15,16). The van der Waals surface area contributed by atoms with E-state index >= 15 is 0 Å². The summed E-state index contributed by atoms with van der Waals surface area (Å²) in [5.41, 5.74) is 0. The van der Waals surface area contributed by atoms with Crippen LogP contribution in [0.2, 0.25) is 0 Å². The quantitative estimate of drug-likeness (QED) is 0.540. The molecule has 0 heterocycles. The fourth-order valence-electron chi connectivity index (χ4n) is 1.07. The van der Waals surface area contributed by atoms with Crippen molar-refractivity contribution in [2.24, 2.45) is 5.92 Å². The first-order valence-corrected chi connectivity index (χ1v) is 6.60. The van der Waals surface area contributed by atoms with Gasteiger partial charge in [-0.1, -0.05) is 25.7 Å². The van der Waals surface area contributed by atoms with Crippen molar-refractivity contribution in [3.05, 3.63) is 0 Å². The van der Waals surface area contributed by atoms with Gasteiger partial charge in [0, 0.05) is 12.5 Å². The Morgan fingerprint density at radius 2 is 1.89 bits per heavy atom. The van der Waals surface area contributed by atoms with E-state index in [9.17, 15) is 4.79 Å².